The summed E-state index contributed by atoms with van der Waals surface area (Å²) in [5, 5.41) is 3.20. The Hall–Kier alpha value is -1.60. The first kappa shape index (κ1) is 24.1. The number of nitrogens with zero attached hydrogens (tertiary/aromatic N) is 2. The molecule has 3 rings (SSSR count). The van der Waals surface area contributed by atoms with Gasteiger partial charge in [-0.3, -0.25) is 0 Å². The van der Waals surface area contributed by atoms with Crippen molar-refractivity contribution < 1.29 is 18.6 Å². The van der Waals surface area contributed by atoms with Gasteiger partial charge in [0, 0.05) is 5.56 Å². The fraction of sp³-hybridized carbons (Fsp3) is 0.500. The number of esters is 1. The Balaban J connectivity index is 1.94. The Morgan fingerprint density at radius 1 is 1.16 bits per heavy atom. The van der Waals surface area contributed by atoms with Gasteiger partial charge in [-0.1, -0.05) is 24.3 Å². The number of rotatable bonds is 8. The molecular weight excluding hydrogens is 481 g/mol. The van der Waals surface area contributed by atoms with E-state index in [2.05, 4.69) is 33.4 Å². The number of ether oxygens (including phenoxy) is 1. The van der Waals surface area contributed by atoms with Gasteiger partial charge in [-0.15, -0.1) is 0 Å². The number of fused-ring (bicyclic) bond motifs is 3. The predicted octanol–water partition coefficient (Wildman–Crippen LogP) is 5.47. The predicted molar refractivity (Wildman–Crippen MR) is 126 cm³/mol. The number of hydrogen-bond donors (Lipinski definition) is 1. The van der Waals surface area contributed by atoms with Gasteiger partial charge in [0.1, 0.15) is 10.2 Å². The maximum atomic E-state index is 13.0. The zero-order chi connectivity index (χ0) is 22.6. The van der Waals surface area contributed by atoms with Crippen molar-refractivity contribution in [2.24, 2.45) is 0 Å². The van der Waals surface area contributed by atoms with Gasteiger partial charge in [0.25, 0.3) is 0 Å². The zero-order valence-electron chi connectivity index (χ0n) is 18.6. The SMILES string of the molecule is CCOP(OCC)C(Nc1nc2c(nc1Br)-c1ccccc1CC2)C(=O)OC(C)(C)C. The number of carbonyl (C=O) groups excluding carboxylic acids is 1. The third-order valence-electron chi connectivity index (χ3n) is 4.46. The number of aromatic nitrogens is 2. The Morgan fingerprint density at radius 2 is 1.84 bits per heavy atom. The summed E-state index contributed by atoms with van der Waals surface area (Å²) in [7, 11) is -1.58. The summed E-state index contributed by atoms with van der Waals surface area (Å²) in [6, 6.07) is 8.23. The molecule has 1 aliphatic rings. The number of nitrogens with one attached hydrogen (secondary N) is 1. The van der Waals surface area contributed by atoms with Gasteiger partial charge >= 0.3 is 5.97 Å². The molecule has 0 saturated heterocycles. The van der Waals surface area contributed by atoms with Crippen LogP contribution in [0.5, 0.6) is 0 Å². The maximum Gasteiger partial charge on any atom is 0.338 e. The normalized spacial score (nSPS) is 14.0. The fourth-order valence-electron chi connectivity index (χ4n) is 3.28. The Labute approximate surface area is 193 Å². The fourth-order valence-corrected chi connectivity index (χ4v) is 4.99. The molecule has 1 atom stereocenters. The van der Waals surface area contributed by atoms with Gasteiger partial charge in [-0.25, -0.2) is 14.8 Å². The number of halogens is 1. The van der Waals surface area contributed by atoms with E-state index < -0.39 is 25.7 Å². The van der Waals surface area contributed by atoms with E-state index in [0.717, 1.165) is 29.8 Å². The molecule has 0 bridgehead atoms. The van der Waals surface area contributed by atoms with Crippen LogP contribution in [0.3, 0.4) is 0 Å². The van der Waals surface area contributed by atoms with Crippen LogP contribution in [0, 0.1) is 0 Å². The van der Waals surface area contributed by atoms with E-state index in [1.54, 1.807) is 0 Å². The first-order valence-corrected chi connectivity index (χ1v) is 12.5. The molecule has 31 heavy (non-hydrogen) atoms. The Bertz CT molecular complexity index is 929. The van der Waals surface area contributed by atoms with E-state index in [4.69, 9.17) is 23.8 Å². The van der Waals surface area contributed by atoms with Crippen LogP contribution in [0.25, 0.3) is 11.3 Å². The number of aryl methyl sites for hydroxylation is 2. The number of benzene rings is 1. The summed E-state index contributed by atoms with van der Waals surface area (Å²) in [4.78, 5) is 22.6. The van der Waals surface area contributed by atoms with Gasteiger partial charge in [-0.05, 0) is 69.0 Å². The molecule has 0 amide bonds. The molecule has 1 N–H and O–H groups in total. The van der Waals surface area contributed by atoms with Gasteiger partial charge in [-0.2, -0.15) is 0 Å². The molecule has 1 heterocycles. The highest BCUT2D eigenvalue weighted by atomic mass is 79.9. The minimum Gasteiger partial charge on any atom is -0.458 e. The molecule has 168 valence electrons. The van der Waals surface area contributed by atoms with Crippen molar-refractivity contribution in [3.63, 3.8) is 0 Å². The summed E-state index contributed by atoms with van der Waals surface area (Å²) in [6.07, 6.45) is 1.68. The highest BCUT2D eigenvalue weighted by molar-refractivity contribution is 9.10. The lowest BCUT2D eigenvalue weighted by Gasteiger charge is -2.29. The van der Waals surface area contributed by atoms with E-state index in [-0.39, 0.29) is 0 Å². The number of anilines is 1. The molecule has 2 aromatic rings. The Morgan fingerprint density at radius 3 is 2.48 bits per heavy atom. The summed E-state index contributed by atoms with van der Waals surface area (Å²) in [5.74, 6) is -0.813. The topological polar surface area (TPSA) is 82.6 Å². The quantitative estimate of drug-likeness (QED) is 0.373. The summed E-state index contributed by atoms with van der Waals surface area (Å²) < 4.78 is 17.7. The highest BCUT2D eigenvalue weighted by Crippen LogP contribution is 2.45. The lowest BCUT2D eigenvalue weighted by atomic mass is 9.92. The molecule has 1 aromatic heterocycles. The van der Waals surface area contributed by atoms with Gasteiger partial charge in [0.05, 0.1) is 24.6 Å². The standard InChI is InChI=1S/C22H29BrN3O4P/c1-6-28-31(29-7-2)20(21(27)30-22(3,4)5)26-19-18(23)25-17-15-11-9-8-10-14(15)12-13-16(17)24-19/h8-11,20H,6-7,12-13H2,1-5H3,(H,24,26). The zero-order valence-corrected chi connectivity index (χ0v) is 21.0. The van der Waals surface area contributed by atoms with Crippen molar-refractivity contribution in [1.82, 2.24) is 9.97 Å². The molecule has 0 radical (unpaired) electrons. The Kier molecular flexibility index (Phi) is 8.03. The molecular formula is C22H29BrN3O4P. The van der Waals surface area contributed by atoms with Gasteiger partial charge < -0.3 is 19.1 Å². The lowest BCUT2D eigenvalue weighted by Crippen LogP contribution is -2.36. The molecule has 9 heteroatoms. The van der Waals surface area contributed by atoms with Crippen molar-refractivity contribution in [2.75, 3.05) is 18.5 Å². The third kappa shape index (κ3) is 6.01. The van der Waals surface area contributed by atoms with Crippen molar-refractivity contribution in [3.8, 4) is 11.3 Å². The second-order valence-electron chi connectivity index (χ2n) is 8.02. The maximum absolute atomic E-state index is 13.0. The van der Waals surface area contributed by atoms with E-state index >= 15 is 0 Å². The van der Waals surface area contributed by atoms with Gasteiger partial charge in [0.2, 0.25) is 8.38 Å². The molecule has 7 nitrogen and oxygen atoms in total. The van der Waals surface area contributed by atoms with Crippen LogP contribution in [0.15, 0.2) is 28.9 Å². The van der Waals surface area contributed by atoms with Crippen molar-refractivity contribution in [2.45, 2.75) is 58.8 Å². The summed E-state index contributed by atoms with van der Waals surface area (Å²) >= 11 is 3.53. The first-order valence-electron chi connectivity index (χ1n) is 10.4. The van der Waals surface area contributed by atoms with Gasteiger partial charge in [0.15, 0.2) is 11.6 Å². The minimum absolute atomic E-state index is 0.417. The van der Waals surface area contributed by atoms with Crippen LogP contribution in [-0.2, 0) is 31.4 Å². The van der Waals surface area contributed by atoms with Crippen LogP contribution in [-0.4, -0.2) is 40.5 Å². The third-order valence-corrected chi connectivity index (χ3v) is 6.80. The minimum atomic E-state index is -1.58. The smallest absolute Gasteiger partial charge is 0.338 e. The molecule has 0 spiro atoms. The van der Waals surface area contributed by atoms with Crippen LogP contribution >= 0.6 is 24.3 Å². The van der Waals surface area contributed by atoms with Crippen LogP contribution < -0.4 is 5.32 Å². The highest BCUT2D eigenvalue weighted by Gasteiger charge is 2.36. The molecule has 0 saturated carbocycles. The molecule has 1 aromatic carbocycles. The molecule has 0 aliphatic heterocycles. The van der Waals surface area contributed by atoms with E-state index in [1.165, 1.54) is 5.56 Å². The number of carbonyl (C=O) groups is 1. The van der Waals surface area contributed by atoms with E-state index in [0.29, 0.717) is 23.6 Å². The van der Waals surface area contributed by atoms with Crippen molar-refractivity contribution in [1.29, 1.82) is 0 Å². The monoisotopic (exact) mass is 509 g/mol. The largest absolute Gasteiger partial charge is 0.458 e. The second-order valence-corrected chi connectivity index (χ2v) is 10.4. The van der Waals surface area contributed by atoms with Crippen LogP contribution in [0.1, 0.15) is 45.9 Å². The molecule has 1 unspecified atom stereocenters. The van der Waals surface area contributed by atoms with Crippen molar-refractivity contribution >= 4 is 36.1 Å². The van der Waals surface area contributed by atoms with E-state index in [1.807, 2.05) is 46.8 Å². The van der Waals surface area contributed by atoms with Crippen LogP contribution in [0.4, 0.5) is 5.82 Å². The first-order chi connectivity index (χ1) is 14.7. The summed E-state index contributed by atoms with van der Waals surface area (Å²) in [6.45, 7) is 10.1. The number of hydrogen-bond acceptors (Lipinski definition) is 7. The molecule has 1 aliphatic carbocycles. The lowest BCUT2D eigenvalue weighted by molar-refractivity contribution is -0.153. The summed E-state index contributed by atoms with van der Waals surface area (Å²) in [5.41, 5.74) is 3.48. The average Bonchev–Trinajstić information content (AvgIpc) is 2.71. The second kappa shape index (κ2) is 10.3. The average molecular weight is 510 g/mol. The molecule has 0 fully saturated rings. The van der Waals surface area contributed by atoms with E-state index in [9.17, 15) is 4.79 Å². The van der Waals surface area contributed by atoms with Crippen molar-refractivity contribution in [3.05, 3.63) is 40.1 Å². The van der Waals surface area contributed by atoms with Crippen LogP contribution in [0.2, 0.25) is 0 Å².